The van der Waals surface area contributed by atoms with Crippen molar-refractivity contribution < 1.29 is 8.42 Å². The summed E-state index contributed by atoms with van der Waals surface area (Å²) in [5, 5.41) is 10.6. The maximum Gasteiger partial charge on any atom is 0.246 e. The fourth-order valence-electron chi connectivity index (χ4n) is 4.07. The van der Waals surface area contributed by atoms with Crippen LogP contribution in [0.3, 0.4) is 0 Å². The number of rotatable bonds is 4. The SMILES string of the molecule is Cc1n[nH]c(C)c1S(=O)(=O)N1CCC(NC2CCC(C)CC2)CC1. The number of nitrogens with one attached hydrogen (secondary N) is 2. The number of piperidine rings is 1. The highest BCUT2D eigenvalue weighted by atomic mass is 32.2. The Morgan fingerprint density at radius 3 is 2.17 bits per heavy atom. The third-order valence-corrected chi connectivity index (χ3v) is 7.76. The van der Waals surface area contributed by atoms with E-state index in [1.54, 1.807) is 18.2 Å². The Bertz CT molecular complexity index is 635. The van der Waals surface area contributed by atoms with E-state index in [1.165, 1.54) is 25.7 Å². The molecule has 2 fully saturated rings. The molecule has 0 aromatic carbocycles. The van der Waals surface area contributed by atoms with Gasteiger partial charge in [0.2, 0.25) is 10.0 Å². The lowest BCUT2D eigenvalue weighted by molar-refractivity contribution is 0.236. The van der Waals surface area contributed by atoms with Crippen LogP contribution in [0.5, 0.6) is 0 Å². The molecule has 1 saturated carbocycles. The molecule has 1 saturated heterocycles. The van der Waals surface area contributed by atoms with E-state index in [-0.39, 0.29) is 0 Å². The molecule has 3 rings (SSSR count). The minimum Gasteiger partial charge on any atom is -0.311 e. The molecule has 2 heterocycles. The van der Waals surface area contributed by atoms with Gasteiger partial charge in [0, 0.05) is 25.2 Å². The van der Waals surface area contributed by atoms with E-state index < -0.39 is 10.0 Å². The largest absolute Gasteiger partial charge is 0.311 e. The number of nitrogens with zero attached hydrogens (tertiary/aromatic N) is 2. The van der Waals surface area contributed by atoms with E-state index in [0.717, 1.165) is 18.8 Å². The molecule has 0 radical (unpaired) electrons. The minimum atomic E-state index is -3.43. The molecule has 0 atom stereocenters. The molecule has 2 N–H and O–H groups in total. The summed E-state index contributed by atoms with van der Waals surface area (Å²) in [5.41, 5.74) is 1.19. The number of hydrogen-bond donors (Lipinski definition) is 2. The fraction of sp³-hybridized carbons (Fsp3) is 0.824. The first-order valence-electron chi connectivity index (χ1n) is 9.15. The number of aryl methyl sites for hydroxylation is 2. The van der Waals surface area contributed by atoms with Gasteiger partial charge in [-0.05, 0) is 58.3 Å². The molecule has 1 aliphatic heterocycles. The van der Waals surface area contributed by atoms with Gasteiger partial charge in [0.1, 0.15) is 4.90 Å². The number of aromatic amines is 1. The Kier molecular flexibility index (Phi) is 5.32. The van der Waals surface area contributed by atoms with Crippen LogP contribution < -0.4 is 5.32 Å². The molecule has 2 aliphatic rings. The number of hydrogen-bond acceptors (Lipinski definition) is 4. The lowest BCUT2D eigenvalue weighted by atomic mass is 9.86. The van der Waals surface area contributed by atoms with E-state index >= 15 is 0 Å². The van der Waals surface area contributed by atoms with Gasteiger partial charge in [-0.15, -0.1) is 0 Å². The fourth-order valence-corrected chi connectivity index (χ4v) is 5.87. The number of sulfonamides is 1. The first-order valence-corrected chi connectivity index (χ1v) is 10.6. The summed E-state index contributed by atoms with van der Waals surface area (Å²) in [6.45, 7) is 7.03. The van der Waals surface area contributed by atoms with Crippen molar-refractivity contribution in [2.45, 2.75) is 76.3 Å². The predicted octanol–water partition coefficient (Wildman–Crippen LogP) is 2.35. The second-order valence-electron chi connectivity index (χ2n) is 7.56. The first-order chi connectivity index (χ1) is 11.4. The molecule has 0 amide bonds. The van der Waals surface area contributed by atoms with Crippen molar-refractivity contribution in [3.8, 4) is 0 Å². The minimum absolute atomic E-state index is 0.357. The molecular weight excluding hydrogens is 324 g/mol. The van der Waals surface area contributed by atoms with Crippen molar-refractivity contribution in [1.29, 1.82) is 0 Å². The van der Waals surface area contributed by atoms with Crippen LogP contribution in [0.4, 0.5) is 0 Å². The molecule has 1 aromatic rings. The predicted molar refractivity (Wildman–Crippen MR) is 94.4 cm³/mol. The van der Waals surface area contributed by atoms with Gasteiger partial charge in [0.05, 0.1) is 11.4 Å². The standard InChI is InChI=1S/C17H30N4O2S/c1-12-4-6-15(7-5-12)18-16-8-10-21(11-9-16)24(22,23)17-13(2)19-20-14(17)3/h12,15-16,18H,4-11H2,1-3H3,(H,19,20). The number of aromatic nitrogens is 2. The summed E-state index contributed by atoms with van der Waals surface area (Å²) in [5.74, 6) is 0.858. The maximum absolute atomic E-state index is 12.9. The Hall–Kier alpha value is -0.920. The van der Waals surface area contributed by atoms with Crippen LogP contribution in [0.2, 0.25) is 0 Å². The summed E-state index contributed by atoms with van der Waals surface area (Å²) in [6, 6.07) is 1.06. The van der Waals surface area contributed by atoms with Gasteiger partial charge in [0.15, 0.2) is 0 Å². The summed E-state index contributed by atoms with van der Waals surface area (Å²) in [7, 11) is -3.43. The van der Waals surface area contributed by atoms with Crippen molar-refractivity contribution in [2.24, 2.45) is 5.92 Å². The molecular formula is C17H30N4O2S. The van der Waals surface area contributed by atoms with Crippen LogP contribution in [-0.2, 0) is 10.0 Å². The molecule has 0 spiro atoms. The summed E-state index contributed by atoms with van der Waals surface area (Å²) >= 11 is 0. The Labute approximate surface area is 145 Å². The third-order valence-electron chi connectivity index (χ3n) is 5.60. The lowest BCUT2D eigenvalue weighted by Crippen LogP contribution is -2.48. The summed E-state index contributed by atoms with van der Waals surface area (Å²) < 4.78 is 27.4. The Morgan fingerprint density at radius 1 is 1.04 bits per heavy atom. The zero-order valence-electron chi connectivity index (χ0n) is 15.0. The highest BCUT2D eigenvalue weighted by Gasteiger charge is 2.33. The van der Waals surface area contributed by atoms with Crippen LogP contribution in [0.25, 0.3) is 0 Å². The van der Waals surface area contributed by atoms with Crippen LogP contribution in [0.1, 0.15) is 56.8 Å². The van der Waals surface area contributed by atoms with Gasteiger partial charge in [-0.3, -0.25) is 5.10 Å². The van der Waals surface area contributed by atoms with Crippen molar-refractivity contribution in [2.75, 3.05) is 13.1 Å². The smallest absolute Gasteiger partial charge is 0.246 e. The molecule has 0 unspecified atom stereocenters. The second-order valence-corrected chi connectivity index (χ2v) is 9.44. The highest BCUT2D eigenvalue weighted by molar-refractivity contribution is 7.89. The molecule has 6 nitrogen and oxygen atoms in total. The quantitative estimate of drug-likeness (QED) is 0.870. The van der Waals surface area contributed by atoms with Gasteiger partial charge in [0.25, 0.3) is 0 Å². The molecule has 24 heavy (non-hydrogen) atoms. The zero-order valence-corrected chi connectivity index (χ0v) is 15.8. The maximum atomic E-state index is 12.9. The van der Waals surface area contributed by atoms with E-state index in [1.807, 2.05) is 0 Å². The van der Waals surface area contributed by atoms with Crippen LogP contribution >= 0.6 is 0 Å². The van der Waals surface area contributed by atoms with E-state index in [2.05, 4.69) is 22.4 Å². The van der Waals surface area contributed by atoms with Gasteiger partial charge in [-0.2, -0.15) is 9.40 Å². The van der Waals surface area contributed by atoms with E-state index in [9.17, 15) is 8.42 Å². The Balaban J connectivity index is 1.57. The highest BCUT2D eigenvalue weighted by Crippen LogP contribution is 2.27. The van der Waals surface area contributed by atoms with E-state index in [0.29, 0.717) is 41.5 Å². The molecule has 0 bridgehead atoms. The summed E-state index contributed by atoms with van der Waals surface area (Å²) in [6.07, 6.45) is 6.91. The van der Waals surface area contributed by atoms with Gasteiger partial charge >= 0.3 is 0 Å². The van der Waals surface area contributed by atoms with Crippen molar-refractivity contribution in [1.82, 2.24) is 19.8 Å². The normalized spacial score (nSPS) is 27.5. The number of H-pyrrole nitrogens is 1. The van der Waals surface area contributed by atoms with Crippen LogP contribution in [0, 0.1) is 19.8 Å². The molecule has 136 valence electrons. The van der Waals surface area contributed by atoms with Gasteiger partial charge in [-0.1, -0.05) is 6.92 Å². The average molecular weight is 355 g/mol. The topological polar surface area (TPSA) is 78.1 Å². The van der Waals surface area contributed by atoms with Crippen LogP contribution in [-0.4, -0.2) is 48.1 Å². The summed E-state index contributed by atoms with van der Waals surface area (Å²) in [4.78, 5) is 0.357. The van der Waals surface area contributed by atoms with Crippen molar-refractivity contribution in [3.05, 3.63) is 11.4 Å². The van der Waals surface area contributed by atoms with Crippen LogP contribution in [0.15, 0.2) is 4.90 Å². The first kappa shape index (κ1) is 17.9. The molecule has 1 aromatic heterocycles. The Morgan fingerprint density at radius 2 is 1.62 bits per heavy atom. The van der Waals surface area contributed by atoms with Crippen molar-refractivity contribution in [3.63, 3.8) is 0 Å². The van der Waals surface area contributed by atoms with Crippen molar-refractivity contribution >= 4 is 10.0 Å². The lowest BCUT2D eigenvalue weighted by Gasteiger charge is -2.36. The van der Waals surface area contributed by atoms with E-state index in [4.69, 9.17) is 0 Å². The molecule has 7 heteroatoms. The second kappa shape index (κ2) is 7.14. The van der Waals surface area contributed by atoms with Gasteiger partial charge in [-0.25, -0.2) is 8.42 Å². The monoisotopic (exact) mass is 354 g/mol. The van der Waals surface area contributed by atoms with Gasteiger partial charge < -0.3 is 5.32 Å². The third kappa shape index (κ3) is 3.68. The molecule has 1 aliphatic carbocycles. The average Bonchev–Trinajstić information content (AvgIpc) is 2.89. The zero-order chi connectivity index (χ0) is 17.3.